The number of nitrogens with zero attached hydrogens (tertiary/aromatic N) is 3. The molecule has 0 fully saturated rings. The summed E-state index contributed by atoms with van der Waals surface area (Å²) < 4.78 is 13.0. The number of phenolic OH excluding ortho intramolecular Hbond substituents is 1. The normalized spacial score (nSPS) is 11.0. The van der Waals surface area contributed by atoms with Crippen molar-refractivity contribution in [1.82, 2.24) is 15.2 Å². The minimum atomic E-state index is -0.259. The topological polar surface area (TPSA) is 58.9 Å². The zero-order valence-corrected chi connectivity index (χ0v) is 13.3. The van der Waals surface area contributed by atoms with Crippen molar-refractivity contribution in [1.29, 1.82) is 0 Å². The SMILES string of the molecule is Oc1c(-c2nnc(Cc3ccc(F)cc3)s2)ccc2cccnc12. The zero-order chi connectivity index (χ0) is 16.5. The second-order valence-corrected chi connectivity index (χ2v) is 6.40. The van der Waals surface area contributed by atoms with Gasteiger partial charge in [-0.2, -0.15) is 0 Å². The van der Waals surface area contributed by atoms with Gasteiger partial charge in [0.25, 0.3) is 0 Å². The molecule has 1 N–H and O–H groups in total. The molecule has 4 aromatic rings. The van der Waals surface area contributed by atoms with Crippen LogP contribution in [0.3, 0.4) is 0 Å². The summed E-state index contributed by atoms with van der Waals surface area (Å²) in [5, 5.41) is 21.1. The molecule has 2 aromatic carbocycles. The van der Waals surface area contributed by atoms with E-state index >= 15 is 0 Å². The van der Waals surface area contributed by atoms with E-state index in [0.29, 0.717) is 22.5 Å². The first kappa shape index (κ1) is 14.7. The molecule has 0 aliphatic rings. The minimum absolute atomic E-state index is 0.109. The molecule has 0 aliphatic heterocycles. The van der Waals surface area contributed by atoms with Crippen LogP contribution in [0.5, 0.6) is 5.75 Å². The van der Waals surface area contributed by atoms with Crippen molar-refractivity contribution in [3.63, 3.8) is 0 Å². The molecule has 2 aromatic heterocycles. The first-order valence-corrected chi connectivity index (χ1v) is 8.16. The molecule has 4 rings (SSSR count). The maximum absolute atomic E-state index is 13.0. The second kappa shape index (κ2) is 5.98. The summed E-state index contributed by atoms with van der Waals surface area (Å²) in [6.07, 6.45) is 2.22. The number of aromatic nitrogens is 3. The van der Waals surface area contributed by atoms with Gasteiger partial charge in [-0.05, 0) is 29.8 Å². The molecule has 0 aliphatic carbocycles. The van der Waals surface area contributed by atoms with Crippen LogP contribution in [0.1, 0.15) is 10.6 Å². The molecule has 0 amide bonds. The lowest BCUT2D eigenvalue weighted by Gasteiger charge is -2.03. The second-order valence-electron chi connectivity index (χ2n) is 5.34. The Morgan fingerprint density at radius 1 is 1.00 bits per heavy atom. The summed E-state index contributed by atoms with van der Waals surface area (Å²) >= 11 is 1.40. The van der Waals surface area contributed by atoms with Gasteiger partial charge in [-0.3, -0.25) is 4.98 Å². The number of fused-ring (bicyclic) bond motifs is 1. The number of halogens is 1. The van der Waals surface area contributed by atoms with Gasteiger partial charge in [-0.1, -0.05) is 35.6 Å². The molecule has 0 spiro atoms. The summed E-state index contributed by atoms with van der Waals surface area (Å²) in [7, 11) is 0. The van der Waals surface area contributed by atoms with Crippen molar-refractivity contribution < 1.29 is 9.50 Å². The van der Waals surface area contributed by atoms with Crippen LogP contribution in [-0.2, 0) is 6.42 Å². The Bertz CT molecular complexity index is 1010. The average Bonchev–Trinajstić information content (AvgIpc) is 3.06. The molecule has 118 valence electrons. The molecule has 4 nitrogen and oxygen atoms in total. The highest BCUT2D eigenvalue weighted by Gasteiger charge is 2.14. The molecule has 0 atom stereocenters. The zero-order valence-electron chi connectivity index (χ0n) is 12.5. The smallest absolute Gasteiger partial charge is 0.152 e. The van der Waals surface area contributed by atoms with Crippen LogP contribution in [0.2, 0.25) is 0 Å². The Balaban J connectivity index is 1.67. The van der Waals surface area contributed by atoms with Gasteiger partial charge >= 0.3 is 0 Å². The first-order valence-electron chi connectivity index (χ1n) is 7.34. The molecule has 6 heteroatoms. The van der Waals surface area contributed by atoms with E-state index in [4.69, 9.17) is 0 Å². The number of rotatable bonds is 3. The number of phenols is 1. The van der Waals surface area contributed by atoms with E-state index in [1.807, 2.05) is 24.3 Å². The van der Waals surface area contributed by atoms with Gasteiger partial charge in [0.1, 0.15) is 16.3 Å². The van der Waals surface area contributed by atoms with Crippen LogP contribution in [0.15, 0.2) is 54.7 Å². The lowest BCUT2D eigenvalue weighted by Crippen LogP contribution is -1.87. The Kier molecular flexibility index (Phi) is 3.66. The van der Waals surface area contributed by atoms with Gasteiger partial charge < -0.3 is 5.11 Å². The third-order valence-corrected chi connectivity index (χ3v) is 4.67. The Morgan fingerprint density at radius 2 is 1.83 bits per heavy atom. The highest BCUT2D eigenvalue weighted by atomic mass is 32.1. The van der Waals surface area contributed by atoms with Crippen LogP contribution in [-0.4, -0.2) is 20.3 Å². The molecule has 0 saturated heterocycles. The fourth-order valence-corrected chi connectivity index (χ4v) is 3.41. The first-order chi connectivity index (χ1) is 11.7. The third-order valence-electron chi connectivity index (χ3n) is 3.71. The van der Waals surface area contributed by atoms with Crippen molar-refractivity contribution in [2.75, 3.05) is 0 Å². The lowest BCUT2D eigenvalue weighted by molar-refractivity contribution is 0.482. The lowest BCUT2D eigenvalue weighted by atomic mass is 10.1. The number of pyridine rings is 1. The van der Waals surface area contributed by atoms with Crippen molar-refractivity contribution in [2.24, 2.45) is 0 Å². The predicted octanol–water partition coefficient (Wildman–Crippen LogP) is 4.19. The fourth-order valence-electron chi connectivity index (χ4n) is 2.51. The summed E-state index contributed by atoms with van der Waals surface area (Å²) in [5.41, 5.74) is 2.12. The van der Waals surface area contributed by atoms with Gasteiger partial charge in [-0.15, -0.1) is 10.2 Å². The summed E-state index contributed by atoms with van der Waals surface area (Å²) in [6, 6.07) is 13.8. The van der Waals surface area contributed by atoms with Crippen LogP contribution in [0.25, 0.3) is 21.5 Å². The van der Waals surface area contributed by atoms with Gasteiger partial charge in [0.05, 0.1) is 5.56 Å². The molecule has 24 heavy (non-hydrogen) atoms. The monoisotopic (exact) mass is 337 g/mol. The van der Waals surface area contributed by atoms with E-state index in [2.05, 4.69) is 15.2 Å². The maximum atomic E-state index is 13.0. The van der Waals surface area contributed by atoms with Gasteiger partial charge in [0.15, 0.2) is 10.8 Å². The summed E-state index contributed by atoms with van der Waals surface area (Å²) in [4.78, 5) is 4.22. The molecular weight excluding hydrogens is 325 g/mol. The number of benzene rings is 2. The third kappa shape index (κ3) is 2.72. The number of hydrogen-bond acceptors (Lipinski definition) is 5. The van der Waals surface area contributed by atoms with Crippen LogP contribution in [0.4, 0.5) is 4.39 Å². The molecule has 0 radical (unpaired) electrons. The number of hydrogen-bond donors (Lipinski definition) is 1. The van der Waals surface area contributed by atoms with E-state index in [-0.39, 0.29) is 11.6 Å². The van der Waals surface area contributed by atoms with Gasteiger partial charge in [0, 0.05) is 18.0 Å². The highest BCUT2D eigenvalue weighted by molar-refractivity contribution is 7.14. The van der Waals surface area contributed by atoms with E-state index in [1.165, 1.54) is 23.5 Å². The fraction of sp³-hybridized carbons (Fsp3) is 0.0556. The molecular formula is C18H12FN3OS. The van der Waals surface area contributed by atoms with E-state index in [0.717, 1.165) is 16.0 Å². The van der Waals surface area contributed by atoms with Crippen LogP contribution < -0.4 is 0 Å². The van der Waals surface area contributed by atoms with Crippen molar-refractivity contribution in [2.45, 2.75) is 6.42 Å². The van der Waals surface area contributed by atoms with Crippen LogP contribution >= 0.6 is 11.3 Å². The Morgan fingerprint density at radius 3 is 2.67 bits per heavy atom. The quantitative estimate of drug-likeness (QED) is 0.609. The summed E-state index contributed by atoms with van der Waals surface area (Å²) in [5.74, 6) is -0.150. The van der Waals surface area contributed by atoms with Crippen LogP contribution in [0, 0.1) is 5.82 Å². The van der Waals surface area contributed by atoms with Gasteiger partial charge in [0.2, 0.25) is 0 Å². The Hall–Kier alpha value is -2.86. The predicted molar refractivity (Wildman–Crippen MR) is 91.5 cm³/mol. The minimum Gasteiger partial charge on any atom is -0.505 e. The van der Waals surface area contributed by atoms with Gasteiger partial charge in [-0.25, -0.2) is 4.39 Å². The molecule has 2 heterocycles. The van der Waals surface area contributed by atoms with E-state index < -0.39 is 0 Å². The average molecular weight is 337 g/mol. The molecule has 0 saturated carbocycles. The largest absolute Gasteiger partial charge is 0.505 e. The van der Waals surface area contributed by atoms with E-state index in [1.54, 1.807) is 18.3 Å². The number of aromatic hydroxyl groups is 1. The van der Waals surface area contributed by atoms with E-state index in [9.17, 15) is 9.50 Å². The maximum Gasteiger partial charge on any atom is 0.152 e. The van der Waals surface area contributed by atoms with Crippen molar-refractivity contribution in [3.05, 3.63) is 71.1 Å². The standard InChI is InChI=1S/C18H12FN3OS/c19-13-6-3-11(4-7-13)10-15-21-22-18(24-15)14-8-5-12-2-1-9-20-16(12)17(14)23/h1-9,23H,10H2. The molecule has 0 bridgehead atoms. The summed E-state index contributed by atoms with van der Waals surface area (Å²) in [6.45, 7) is 0. The van der Waals surface area contributed by atoms with Crippen molar-refractivity contribution in [3.8, 4) is 16.3 Å². The molecule has 0 unspecified atom stereocenters. The Labute approximate surface area is 141 Å². The highest BCUT2D eigenvalue weighted by Crippen LogP contribution is 2.36. The van der Waals surface area contributed by atoms with Crippen molar-refractivity contribution >= 4 is 22.2 Å².